The van der Waals surface area contributed by atoms with Crippen LogP contribution in [-0.4, -0.2) is 13.4 Å². The molecule has 4 rings (SSSR count). The molecule has 0 radical (unpaired) electrons. The van der Waals surface area contributed by atoms with Crippen LogP contribution in [-0.2, 0) is 10.0 Å². The van der Waals surface area contributed by atoms with E-state index in [0.717, 1.165) is 12.3 Å². The Balaban J connectivity index is 1.47. The lowest BCUT2D eigenvalue weighted by Crippen LogP contribution is -2.11. The highest BCUT2D eigenvalue weighted by atomic mass is 32.2. The first-order valence-electron chi connectivity index (χ1n) is 8.11. The van der Waals surface area contributed by atoms with Gasteiger partial charge < -0.3 is 0 Å². The van der Waals surface area contributed by atoms with Crippen molar-refractivity contribution in [1.82, 2.24) is 4.98 Å². The molecule has 2 atom stereocenters. The zero-order valence-electron chi connectivity index (χ0n) is 12.8. The first kappa shape index (κ1) is 15.3. The van der Waals surface area contributed by atoms with Crippen LogP contribution in [0.1, 0.15) is 65.3 Å². The molecule has 1 heterocycles. The van der Waals surface area contributed by atoms with Gasteiger partial charge in [-0.3, -0.25) is 0 Å². The van der Waals surface area contributed by atoms with E-state index < -0.39 is 10.0 Å². The van der Waals surface area contributed by atoms with Gasteiger partial charge in [0.05, 0.1) is 9.90 Å². The minimum atomic E-state index is -3.61. The van der Waals surface area contributed by atoms with Crippen LogP contribution in [0.5, 0.6) is 0 Å². The second kappa shape index (κ2) is 5.69. The molecule has 0 bridgehead atoms. The molecule has 23 heavy (non-hydrogen) atoms. The molecule has 0 unspecified atom stereocenters. The Hall–Kier alpha value is -1.24. The molecule has 2 N–H and O–H groups in total. The fraction of sp³-hybridized carbons (Fsp3) is 0.471. The van der Waals surface area contributed by atoms with Crippen LogP contribution >= 0.6 is 11.3 Å². The molecular formula is C17H20N2O2S2. The largest absolute Gasteiger partial charge is 0.249 e. The topological polar surface area (TPSA) is 73.1 Å². The molecule has 1 aromatic carbocycles. The van der Waals surface area contributed by atoms with Crippen LogP contribution in [0.25, 0.3) is 0 Å². The minimum absolute atomic E-state index is 0.177. The van der Waals surface area contributed by atoms with Gasteiger partial charge in [0, 0.05) is 17.0 Å². The number of aromatic nitrogens is 1. The Morgan fingerprint density at radius 1 is 1.09 bits per heavy atom. The van der Waals surface area contributed by atoms with Crippen molar-refractivity contribution in [2.45, 2.75) is 54.8 Å². The smallest absolute Gasteiger partial charge is 0.238 e. The third kappa shape index (κ3) is 3.07. The van der Waals surface area contributed by atoms with E-state index in [9.17, 15) is 8.42 Å². The number of hydrogen-bond donors (Lipinski definition) is 1. The van der Waals surface area contributed by atoms with Crippen molar-refractivity contribution in [3.8, 4) is 0 Å². The summed E-state index contributed by atoms with van der Waals surface area (Å²) in [7, 11) is -3.61. The van der Waals surface area contributed by atoms with Crippen molar-refractivity contribution >= 4 is 21.4 Å². The standard InChI is InChI=1S/C17H20N2O2S2/c18-23(20,21)13-7-5-11(6-8-13)14-9-15(14)17-19-10-16(22-17)12-3-1-2-4-12/h5-8,10,12,14-15H,1-4,9H2,(H2,18,20,21)/t14-,15+/m0/s1. The van der Waals surface area contributed by atoms with Crippen molar-refractivity contribution in [2.24, 2.45) is 5.14 Å². The summed E-state index contributed by atoms with van der Waals surface area (Å²) in [6, 6.07) is 6.98. The number of nitrogens with zero attached hydrogens (tertiary/aromatic N) is 1. The summed E-state index contributed by atoms with van der Waals surface area (Å²) >= 11 is 1.88. The van der Waals surface area contributed by atoms with Gasteiger partial charge in [-0.05, 0) is 48.8 Å². The van der Waals surface area contributed by atoms with E-state index in [1.165, 1.54) is 41.1 Å². The monoisotopic (exact) mass is 348 g/mol. The molecule has 0 spiro atoms. The van der Waals surface area contributed by atoms with Crippen LogP contribution in [0.4, 0.5) is 0 Å². The number of thiazole rings is 1. The van der Waals surface area contributed by atoms with E-state index in [-0.39, 0.29) is 4.90 Å². The zero-order valence-corrected chi connectivity index (χ0v) is 14.4. The molecule has 4 nitrogen and oxygen atoms in total. The Kier molecular flexibility index (Phi) is 3.78. The van der Waals surface area contributed by atoms with Crippen LogP contribution < -0.4 is 5.14 Å². The van der Waals surface area contributed by atoms with Crippen molar-refractivity contribution in [3.63, 3.8) is 0 Å². The molecule has 1 aromatic heterocycles. The summed E-state index contributed by atoms with van der Waals surface area (Å²) in [6.07, 6.45) is 8.50. The van der Waals surface area contributed by atoms with Gasteiger partial charge in [0.2, 0.25) is 10.0 Å². The SMILES string of the molecule is NS(=O)(=O)c1ccc([C@@H]2C[C@H]2c2ncc(C3CCCC3)s2)cc1. The van der Waals surface area contributed by atoms with E-state index >= 15 is 0 Å². The molecule has 2 aliphatic carbocycles. The van der Waals surface area contributed by atoms with E-state index in [1.54, 1.807) is 12.1 Å². The average molecular weight is 348 g/mol. The second-order valence-electron chi connectivity index (χ2n) is 6.64. The molecule has 0 amide bonds. The van der Waals surface area contributed by atoms with Crippen molar-refractivity contribution in [2.75, 3.05) is 0 Å². The van der Waals surface area contributed by atoms with Gasteiger partial charge >= 0.3 is 0 Å². The summed E-state index contributed by atoms with van der Waals surface area (Å²) in [6.45, 7) is 0. The number of primary sulfonamides is 1. The Bertz CT molecular complexity index is 805. The van der Waals surface area contributed by atoms with E-state index in [1.807, 2.05) is 23.5 Å². The second-order valence-corrected chi connectivity index (χ2v) is 9.30. The number of hydrogen-bond acceptors (Lipinski definition) is 4. The lowest BCUT2D eigenvalue weighted by Gasteiger charge is -2.03. The maximum absolute atomic E-state index is 11.3. The quantitative estimate of drug-likeness (QED) is 0.915. The Morgan fingerprint density at radius 2 is 1.78 bits per heavy atom. The van der Waals surface area contributed by atoms with Crippen molar-refractivity contribution < 1.29 is 8.42 Å². The van der Waals surface area contributed by atoms with Gasteiger partial charge in [0.1, 0.15) is 0 Å². The van der Waals surface area contributed by atoms with Gasteiger partial charge in [-0.2, -0.15) is 0 Å². The highest BCUT2D eigenvalue weighted by Crippen LogP contribution is 2.56. The third-order valence-electron chi connectivity index (χ3n) is 5.04. The highest BCUT2D eigenvalue weighted by molar-refractivity contribution is 7.89. The molecule has 2 saturated carbocycles. The maximum Gasteiger partial charge on any atom is 0.238 e. The number of nitrogens with two attached hydrogens (primary N) is 1. The fourth-order valence-electron chi connectivity index (χ4n) is 3.61. The minimum Gasteiger partial charge on any atom is -0.249 e. The molecular weight excluding hydrogens is 328 g/mol. The predicted octanol–water partition coefficient (Wildman–Crippen LogP) is 3.72. The van der Waals surface area contributed by atoms with Gasteiger partial charge in [-0.15, -0.1) is 11.3 Å². The lowest BCUT2D eigenvalue weighted by molar-refractivity contribution is 0.598. The zero-order chi connectivity index (χ0) is 16.0. The molecule has 0 aliphatic heterocycles. The highest BCUT2D eigenvalue weighted by Gasteiger charge is 2.41. The average Bonchev–Trinajstić information content (AvgIpc) is 2.94. The normalized spacial score (nSPS) is 24.9. The molecule has 2 aliphatic rings. The fourth-order valence-corrected chi connectivity index (χ4v) is 5.39. The van der Waals surface area contributed by atoms with Crippen LogP contribution in [0.15, 0.2) is 35.4 Å². The van der Waals surface area contributed by atoms with Gasteiger partial charge in [-0.25, -0.2) is 18.5 Å². The third-order valence-corrected chi connectivity index (χ3v) is 7.26. The van der Waals surface area contributed by atoms with Crippen molar-refractivity contribution in [1.29, 1.82) is 0 Å². The molecule has 2 aromatic rings. The molecule has 0 saturated heterocycles. The van der Waals surface area contributed by atoms with E-state index in [0.29, 0.717) is 11.8 Å². The summed E-state index contributed by atoms with van der Waals surface area (Å²) in [5, 5.41) is 6.39. The Labute approximate surface area is 140 Å². The summed E-state index contributed by atoms with van der Waals surface area (Å²) < 4.78 is 22.6. The van der Waals surface area contributed by atoms with E-state index in [2.05, 4.69) is 11.2 Å². The first-order valence-corrected chi connectivity index (χ1v) is 10.5. The van der Waals surface area contributed by atoms with E-state index in [4.69, 9.17) is 5.14 Å². The lowest BCUT2D eigenvalue weighted by atomic mass is 10.1. The first-order chi connectivity index (χ1) is 11.0. The van der Waals surface area contributed by atoms with Gasteiger partial charge in [-0.1, -0.05) is 25.0 Å². The van der Waals surface area contributed by atoms with Crippen molar-refractivity contribution in [3.05, 3.63) is 45.9 Å². The number of sulfonamides is 1. The van der Waals surface area contributed by atoms with Gasteiger partial charge in [0.15, 0.2) is 0 Å². The van der Waals surface area contributed by atoms with Crippen LogP contribution in [0.3, 0.4) is 0 Å². The maximum atomic E-state index is 11.3. The molecule has 6 heteroatoms. The van der Waals surface area contributed by atoms with Gasteiger partial charge in [0.25, 0.3) is 0 Å². The van der Waals surface area contributed by atoms with Crippen LogP contribution in [0.2, 0.25) is 0 Å². The summed E-state index contributed by atoms with van der Waals surface area (Å²) in [5.41, 5.74) is 1.18. The number of rotatable bonds is 4. The predicted molar refractivity (Wildman–Crippen MR) is 91.2 cm³/mol. The Morgan fingerprint density at radius 3 is 2.43 bits per heavy atom. The summed E-state index contributed by atoms with van der Waals surface area (Å²) in [4.78, 5) is 6.29. The summed E-state index contributed by atoms with van der Waals surface area (Å²) in [5.74, 6) is 1.69. The van der Waals surface area contributed by atoms with Crippen LogP contribution in [0, 0.1) is 0 Å². The molecule has 2 fully saturated rings. The molecule has 122 valence electrons. The number of benzene rings is 1.